The van der Waals surface area contributed by atoms with Gasteiger partial charge in [-0.1, -0.05) is 19.9 Å². The first-order valence-electron chi connectivity index (χ1n) is 5.54. The van der Waals surface area contributed by atoms with Gasteiger partial charge in [-0.25, -0.2) is 0 Å². The van der Waals surface area contributed by atoms with Crippen LogP contribution in [0, 0.1) is 0 Å². The van der Waals surface area contributed by atoms with Crippen molar-refractivity contribution in [2.75, 3.05) is 20.8 Å². The minimum atomic E-state index is -0.103. The highest BCUT2D eigenvalue weighted by molar-refractivity contribution is 5.40. The van der Waals surface area contributed by atoms with Crippen molar-refractivity contribution in [3.8, 4) is 5.75 Å². The molecule has 1 aromatic carbocycles. The van der Waals surface area contributed by atoms with E-state index in [-0.39, 0.29) is 6.10 Å². The van der Waals surface area contributed by atoms with Gasteiger partial charge in [-0.05, 0) is 23.6 Å². The molecule has 1 aromatic rings. The van der Waals surface area contributed by atoms with Crippen LogP contribution in [0.4, 0.5) is 0 Å². The first-order valence-corrected chi connectivity index (χ1v) is 5.54. The molecule has 0 saturated carbocycles. The predicted molar refractivity (Wildman–Crippen MR) is 65.9 cm³/mol. The maximum Gasteiger partial charge on any atom is 0.124 e. The predicted octanol–water partition coefficient (Wildman–Crippen LogP) is 2.46. The van der Waals surface area contributed by atoms with E-state index in [1.807, 2.05) is 6.07 Å². The number of hydrogen-bond acceptors (Lipinski definition) is 3. The lowest BCUT2D eigenvalue weighted by atomic mass is 9.98. The van der Waals surface area contributed by atoms with Gasteiger partial charge in [0.2, 0.25) is 0 Å². The maximum atomic E-state index is 5.68. The number of benzene rings is 1. The van der Waals surface area contributed by atoms with Crippen molar-refractivity contribution < 1.29 is 9.47 Å². The summed E-state index contributed by atoms with van der Waals surface area (Å²) in [6.07, 6.45) is -0.103. The Morgan fingerprint density at radius 3 is 2.38 bits per heavy atom. The van der Waals surface area contributed by atoms with E-state index in [4.69, 9.17) is 15.2 Å². The molecule has 1 rings (SSSR count). The molecule has 2 N–H and O–H groups in total. The molecule has 1 atom stereocenters. The zero-order valence-electron chi connectivity index (χ0n) is 10.5. The van der Waals surface area contributed by atoms with Gasteiger partial charge in [0.25, 0.3) is 0 Å². The van der Waals surface area contributed by atoms with Gasteiger partial charge < -0.3 is 15.2 Å². The van der Waals surface area contributed by atoms with Crippen molar-refractivity contribution >= 4 is 0 Å². The van der Waals surface area contributed by atoms with E-state index in [2.05, 4.69) is 26.0 Å². The van der Waals surface area contributed by atoms with E-state index < -0.39 is 0 Å². The van der Waals surface area contributed by atoms with E-state index in [0.29, 0.717) is 12.5 Å². The molecule has 3 heteroatoms. The van der Waals surface area contributed by atoms with Crippen LogP contribution in [0.15, 0.2) is 18.2 Å². The molecule has 1 unspecified atom stereocenters. The van der Waals surface area contributed by atoms with Crippen LogP contribution in [0.1, 0.15) is 37.0 Å². The summed E-state index contributed by atoms with van der Waals surface area (Å²) >= 11 is 0. The molecule has 0 aliphatic heterocycles. The second-order valence-corrected chi connectivity index (χ2v) is 4.12. The summed E-state index contributed by atoms with van der Waals surface area (Å²) in [7, 11) is 3.33. The van der Waals surface area contributed by atoms with Crippen LogP contribution >= 0.6 is 0 Å². The summed E-state index contributed by atoms with van der Waals surface area (Å²) in [4.78, 5) is 0. The van der Waals surface area contributed by atoms with E-state index >= 15 is 0 Å². The summed E-state index contributed by atoms with van der Waals surface area (Å²) in [6, 6.07) is 6.17. The van der Waals surface area contributed by atoms with Gasteiger partial charge in [-0.15, -0.1) is 0 Å². The standard InChI is InChI=1S/C13H21NO2/c1-9(2)10-5-6-12(15-3)11(7-10)13(8-14)16-4/h5-7,9,13H,8,14H2,1-4H3. The monoisotopic (exact) mass is 223 g/mol. The summed E-state index contributed by atoms with van der Waals surface area (Å²) < 4.78 is 10.7. The topological polar surface area (TPSA) is 44.5 Å². The third-order valence-corrected chi connectivity index (χ3v) is 2.77. The molecule has 0 saturated heterocycles. The lowest BCUT2D eigenvalue weighted by Crippen LogP contribution is -2.15. The highest BCUT2D eigenvalue weighted by atomic mass is 16.5. The second kappa shape index (κ2) is 5.87. The fourth-order valence-electron chi connectivity index (χ4n) is 1.71. The Morgan fingerprint density at radius 2 is 1.94 bits per heavy atom. The number of ether oxygens (including phenoxy) is 2. The summed E-state index contributed by atoms with van der Waals surface area (Å²) in [5, 5.41) is 0. The fourth-order valence-corrected chi connectivity index (χ4v) is 1.71. The van der Waals surface area contributed by atoms with E-state index in [9.17, 15) is 0 Å². The average molecular weight is 223 g/mol. The Hall–Kier alpha value is -1.06. The van der Waals surface area contributed by atoms with E-state index in [1.54, 1.807) is 14.2 Å². The van der Waals surface area contributed by atoms with Crippen LogP contribution in [0.5, 0.6) is 5.75 Å². The molecule has 0 amide bonds. The van der Waals surface area contributed by atoms with Gasteiger partial charge in [-0.3, -0.25) is 0 Å². The Morgan fingerprint density at radius 1 is 1.25 bits per heavy atom. The van der Waals surface area contributed by atoms with Crippen molar-refractivity contribution in [2.24, 2.45) is 5.73 Å². The molecule has 0 bridgehead atoms. The van der Waals surface area contributed by atoms with Crippen LogP contribution in [-0.4, -0.2) is 20.8 Å². The fraction of sp³-hybridized carbons (Fsp3) is 0.538. The molecular formula is C13H21NO2. The molecule has 0 radical (unpaired) electrons. The Kier molecular flexibility index (Phi) is 4.77. The average Bonchev–Trinajstić information content (AvgIpc) is 2.30. The largest absolute Gasteiger partial charge is 0.496 e. The number of hydrogen-bond donors (Lipinski definition) is 1. The lowest BCUT2D eigenvalue weighted by Gasteiger charge is -2.18. The van der Waals surface area contributed by atoms with Crippen molar-refractivity contribution in [3.63, 3.8) is 0 Å². The number of methoxy groups -OCH3 is 2. The summed E-state index contributed by atoms with van der Waals surface area (Å²) in [6.45, 7) is 4.78. The molecule has 16 heavy (non-hydrogen) atoms. The number of nitrogens with two attached hydrogens (primary N) is 1. The molecule has 0 heterocycles. The molecular weight excluding hydrogens is 202 g/mol. The third kappa shape index (κ3) is 2.74. The van der Waals surface area contributed by atoms with Crippen molar-refractivity contribution in [3.05, 3.63) is 29.3 Å². The lowest BCUT2D eigenvalue weighted by molar-refractivity contribution is 0.108. The van der Waals surface area contributed by atoms with Crippen molar-refractivity contribution in [2.45, 2.75) is 25.9 Å². The molecule has 0 aromatic heterocycles. The van der Waals surface area contributed by atoms with Crippen LogP contribution in [-0.2, 0) is 4.74 Å². The smallest absolute Gasteiger partial charge is 0.124 e. The third-order valence-electron chi connectivity index (χ3n) is 2.77. The van der Waals surface area contributed by atoms with E-state index in [0.717, 1.165) is 11.3 Å². The zero-order chi connectivity index (χ0) is 12.1. The minimum absolute atomic E-state index is 0.103. The van der Waals surface area contributed by atoms with Crippen LogP contribution < -0.4 is 10.5 Å². The van der Waals surface area contributed by atoms with Gasteiger partial charge in [-0.2, -0.15) is 0 Å². The van der Waals surface area contributed by atoms with Gasteiger partial charge >= 0.3 is 0 Å². The Balaban J connectivity index is 3.15. The highest BCUT2D eigenvalue weighted by Crippen LogP contribution is 2.30. The van der Waals surface area contributed by atoms with Crippen LogP contribution in [0.25, 0.3) is 0 Å². The quantitative estimate of drug-likeness (QED) is 0.834. The maximum absolute atomic E-state index is 5.68. The normalized spacial score (nSPS) is 12.9. The van der Waals surface area contributed by atoms with Crippen LogP contribution in [0.3, 0.4) is 0 Å². The van der Waals surface area contributed by atoms with Crippen molar-refractivity contribution in [1.82, 2.24) is 0 Å². The van der Waals surface area contributed by atoms with Gasteiger partial charge in [0.1, 0.15) is 5.75 Å². The first kappa shape index (κ1) is 13.0. The van der Waals surface area contributed by atoms with Crippen LogP contribution in [0.2, 0.25) is 0 Å². The molecule has 0 spiro atoms. The van der Waals surface area contributed by atoms with Crippen molar-refractivity contribution in [1.29, 1.82) is 0 Å². The summed E-state index contributed by atoms with van der Waals surface area (Å²) in [5.74, 6) is 1.32. The Labute approximate surface area is 97.6 Å². The van der Waals surface area contributed by atoms with E-state index in [1.165, 1.54) is 5.56 Å². The molecule has 0 fully saturated rings. The molecule has 90 valence electrons. The molecule has 0 aliphatic carbocycles. The Bertz CT molecular complexity index is 333. The first-order chi connectivity index (χ1) is 7.63. The second-order valence-electron chi connectivity index (χ2n) is 4.12. The van der Waals surface area contributed by atoms with Gasteiger partial charge in [0.05, 0.1) is 13.2 Å². The SMILES string of the molecule is COc1ccc(C(C)C)cc1C(CN)OC. The minimum Gasteiger partial charge on any atom is -0.496 e. The zero-order valence-corrected chi connectivity index (χ0v) is 10.5. The van der Waals surface area contributed by atoms with Gasteiger partial charge in [0, 0.05) is 19.2 Å². The highest BCUT2D eigenvalue weighted by Gasteiger charge is 2.15. The molecule has 3 nitrogen and oxygen atoms in total. The van der Waals surface area contributed by atoms with Gasteiger partial charge in [0.15, 0.2) is 0 Å². The number of rotatable bonds is 5. The molecule has 0 aliphatic rings. The summed E-state index contributed by atoms with van der Waals surface area (Å²) in [5.41, 5.74) is 7.98.